The van der Waals surface area contributed by atoms with E-state index >= 15 is 0 Å². The van der Waals surface area contributed by atoms with E-state index in [2.05, 4.69) is 4.98 Å². The molecular weight excluding hydrogens is 180 g/mol. The van der Waals surface area contributed by atoms with Gasteiger partial charge in [-0.2, -0.15) is 0 Å². The Morgan fingerprint density at radius 1 is 1.57 bits per heavy atom. The number of aliphatic hydroxyl groups is 1. The molecule has 3 N–H and O–H groups in total. The van der Waals surface area contributed by atoms with Crippen LogP contribution in [0.5, 0.6) is 5.88 Å². The summed E-state index contributed by atoms with van der Waals surface area (Å²) in [5.41, 5.74) is 6.21. The standard InChI is InChI=1S/C10H16N2O2/c1-10(11,7-13)5-8-3-4-9(14-2)12-6-8/h3-4,6,13H,5,7,11H2,1-2H3. The van der Waals surface area contributed by atoms with Gasteiger partial charge in [0.25, 0.3) is 0 Å². The molecule has 14 heavy (non-hydrogen) atoms. The van der Waals surface area contributed by atoms with Gasteiger partial charge in [0.15, 0.2) is 0 Å². The highest BCUT2D eigenvalue weighted by Crippen LogP contribution is 2.12. The van der Waals surface area contributed by atoms with Gasteiger partial charge in [-0.15, -0.1) is 0 Å². The van der Waals surface area contributed by atoms with Crippen LogP contribution in [0.1, 0.15) is 12.5 Å². The van der Waals surface area contributed by atoms with E-state index in [1.807, 2.05) is 6.07 Å². The molecule has 1 aromatic rings. The lowest BCUT2D eigenvalue weighted by atomic mass is 9.96. The fraction of sp³-hybridized carbons (Fsp3) is 0.500. The molecule has 1 aromatic heterocycles. The van der Waals surface area contributed by atoms with Crippen LogP contribution in [-0.4, -0.2) is 29.3 Å². The van der Waals surface area contributed by atoms with E-state index in [1.54, 1.807) is 26.3 Å². The highest BCUT2D eigenvalue weighted by Gasteiger charge is 2.17. The van der Waals surface area contributed by atoms with Gasteiger partial charge in [-0.3, -0.25) is 0 Å². The summed E-state index contributed by atoms with van der Waals surface area (Å²) >= 11 is 0. The Hall–Kier alpha value is -1.13. The van der Waals surface area contributed by atoms with Gasteiger partial charge in [-0.1, -0.05) is 6.07 Å². The maximum absolute atomic E-state index is 8.99. The number of hydrogen-bond donors (Lipinski definition) is 2. The van der Waals surface area contributed by atoms with E-state index in [0.29, 0.717) is 12.3 Å². The predicted molar refractivity (Wildman–Crippen MR) is 54.2 cm³/mol. The Balaban J connectivity index is 2.69. The molecule has 4 heteroatoms. The van der Waals surface area contributed by atoms with Crippen LogP contribution in [-0.2, 0) is 6.42 Å². The molecule has 0 spiro atoms. The summed E-state index contributed by atoms with van der Waals surface area (Å²) in [7, 11) is 1.57. The summed E-state index contributed by atoms with van der Waals surface area (Å²) in [5, 5.41) is 8.99. The minimum absolute atomic E-state index is 0.0426. The molecule has 0 saturated carbocycles. The Labute approximate surface area is 83.7 Å². The minimum atomic E-state index is -0.587. The van der Waals surface area contributed by atoms with E-state index in [1.165, 1.54) is 0 Å². The normalized spacial score (nSPS) is 14.9. The van der Waals surface area contributed by atoms with Crippen molar-refractivity contribution in [3.05, 3.63) is 23.9 Å². The van der Waals surface area contributed by atoms with Crippen molar-refractivity contribution in [3.63, 3.8) is 0 Å². The fourth-order valence-electron chi connectivity index (χ4n) is 1.16. The minimum Gasteiger partial charge on any atom is -0.481 e. The number of methoxy groups -OCH3 is 1. The third kappa shape index (κ3) is 2.97. The summed E-state index contributed by atoms with van der Waals surface area (Å²) in [5.74, 6) is 0.580. The van der Waals surface area contributed by atoms with Gasteiger partial charge >= 0.3 is 0 Å². The van der Waals surface area contributed by atoms with Crippen molar-refractivity contribution in [1.29, 1.82) is 0 Å². The molecule has 1 heterocycles. The van der Waals surface area contributed by atoms with Crippen LogP contribution in [0, 0.1) is 0 Å². The molecule has 0 radical (unpaired) electrons. The molecule has 0 aliphatic heterocycles. The van der Waals surface area contributed by atoms with Crippen LogP contribution < -0.4 is 10.5 Å². The fourth-order valence-corrected chi connectivity index (χ4v) is 1.16. The quantitative estimate of drug-likeness (QED) is 0.728. The molecule has 0 amide bonds. The van der Waals surface area contributed by atoms with Gasteiger partial charge < -0.3 is 15.6 Å². The average molecular weight is 196 g/mol. The molecule has 1 unspecified atom stereocenters. The highest BCUT2D eigenvalue weighted by molar-refractivity contribution is 5.19. The van der Waals surface area contributed by atoms with Gasteiger partial charge in [0.1, 0.15) is 0 Å². The first-order chi connectivity index (χ1) is 6.57. The first kappa shape index (κ1) is 10.9. The third-order valence-electron chi connectivity index (χ3n) is 1.98. The lowest BCUT2D eigenvalue weighted by Gasteiger charge is -2.21. The van der Waals surface area contributed by atoms with Gasteiger partial charge in [-0.05, 0) is 18.9 Å². The van der Waals surface area contributed by atoms with Crippen molar-refractivity contribution in [2.75, 3.05) is 13.7 Å². The lowest BCUT2D eigenvalue weighted by Crippen LogP contribution is -2.42. The summed E-state index contributed by atoms with van der Waals surface area (Å²) in [6.45, 7) is 1.76. The number of hydrogen-bond acceptors (Lipinski definition) is 4. The molecule has 0 aromatic carbocycles. The largest absolute Gasteiger partial charge is 0.481 e. The number of aromatic nitrogens is 1. The molecule has 78 valence electrons. The highest BCUT2D eigenvalue weighted by atomic mass is 16.5. The van der Waals surface area contributed by atoms with Crippen molar-refractivity contribution in [2.45, 2.75) is 18.9 Å². The maximum atomic E-state index is 8.99. The molecule has 1 rings (SSSR count). The van der Waals surface area contributed by atoms with Crippen molar-refractivity contribution in [3.8, 4) is 5.88 Å². The van der Waals surface area contributed by atoms with E-state index in [4.69, 9.17) is 15.6 Å². The molecule has 4 nitrogen and oxygen atoms in total. The predicted octanol–water partition coefficient (Wildman–Crippen LogP) is 0.342. The zero-order valence-corrected chi connectivity index (χ0v) is 8.53. The second-order valence-electron chi connectivity index (χ2n) is 3.70. The second kappa shape index (κ2) is 4.39. The van der Waals surface area contributed by atoms with Crippen LogP contribution >= 0.6 is 0 Å². The van der Waals surface area contributed by atoms with E-state index in [0.717, 1.165) is 5.56 Å². The number of rotatable bonds is 4. The van der Waals surface area contributed by atoms with E-state index in [9.17, 15) is 0 Å². The Morgan fingerprint density at radius 3 is 2.71 bits per heavy atom. The topological polar surface area (TPSA) is 68.4 Å². The Bertz CT molecular complexity index is 283. The second-order valence-corrected chi connectivity index (χ2v) is 3.70. The van der Waals surface area contributed by atoms with Gasteiger partial charge in [0, 0.05) is 17.8 Å². The SMILES string of the molecule is COc1ccc(CC(C)(N)CO)cn1. The van der Waals surface area contributed by atoms with Crippen LogP contribution in [0.15, 0.2) is 18.3 Å². The number of aliphatic hydroxyl groups excluding tert-OH is 1. The Kier molecular flexibility index (Phi) is 3.43. The van der Waals surface area contributed by atoms with Crippen LogP contribution in [0.4, 0.5) is 0 Å². The molecule has 0 bridgehead atoms. The van der Waals surface area contributed by atoms with E-state index in [-0.39, 0.29) is 6.61 Å². The molecule has 0 aliphatic rings. The summed E-state index contributed by atoms with van der Waals surface area (Å²) in [4.78, 5) is 4.06. The first-order valence-corrected chi connectivity index (χ1v) is 4.46. The van der Waals surface area contributed by atoms with Gasteiger partial charge in [-0.25, -0.2) is 4.98 Å². The van der Waals surface area contributed by atoms with Crippen molar-refractivity contribution in [1.82, 2.24) is 4.98 Å². The number of ether oxygens (including phenoxy) is 1. The van der Waals surface area contributed by atoms with E-state index < -0.39 is 5.54 Å². The molecule has 1 atom stereocenters. The van der Waals surface area contributed by atoms with Crippen molar-refractivity contribution < 1.29 is 9.84 Å². The number of nitrogens with zero attached hydrogens (tertiary/aromatic N) is 1. The molecule has 0 fully saturated rings. The van der Waals surface area contributed by atoms with Crippen molar-refractivity contribution >= 4 is 0 Å². The maximum Gasteiger partial charge on any atom is 0.212 e. The zero-order valence-electron chi connectivity index (χ0n) is 8.53. The van der Waals surface area contributed by atoms with Crippen LogP contribution in [0.3, 0.4) is 0 Å². The third-order valence-corrected chi connectivity index (χ3v) is 1.98. The zero-order chi connectivity index (χ0) is 10.6. The summed E-state index contributed by atoms with van der Waals surface area (Å²) < 4.78 is 4.93. The van der Waals surface area contributed by atoms with Crippen molar-refractivity contribution in [2.24, 2.45) is 5.73 Å². The first-order valence-electron chi connectivity index (χ1n) is 4.46. The van der Waals surface area contributed by atoms with Gasteiger partial charge in [0.2, 0.25) is 5.88 Å². The molecular formula is C10H16N2O2. The number of nitrogens with two attached hydrogens (primary N) is 1. The van der Waals surface area contributed by atoms with Crippen LogP contribution in [0.2, 0.25) is 0 Å². The lowest BCUT2D eigenvalue weighted by molar-refractivity contribution is 0.208. The smallest absolute Gasteiger partial charge is 0.212 e. The average Bonchev–Trinajstić information content (AvgIpc) is 2.19. The summed E-state index contributed by atoms with van der Waals surface area (Å²) in [6, 6.07) is 3.68. The molecule has 0 aliphatic carbocycles. The monoisotopic (exact) mass is 196 g/mol. The van der Waals surface area contributed by atoms with Gasteiger partial charge in [0.05, 0.1) is 13.7 Å². The molecule has 0 saturated heterocycles. The summed E-state index contributed by atoms with van der Waals surface area (Å²) in [6.07, 6.45) is 2.31. The van der Waals surface area contributed by atoms with Crippen LogP contribution in [0.25, 0.3) is 0 Å². The number of pyridine rings is 1. The Morgan fingerprint density at radius 2 is 2.29 bits per heavy atom.